The van der Waals surface area contributed by atoms with Crippen molar-refractivity contribution in [2.45, 2.75) is 70.4 Å². The molecule has 0 heterocycles. The third kappa shape index (κ3) is 5.67. The summed E-state index contributed by atoms with van der Waals surface area (Å²) in [4.78, 5) is 12.7. The van der Waals surface area contributed by atoms with E-state index in [1.807, 2.05) is 6.92 Å². The molecule has 0 bridgehead atoms. The van der Waals surface area contributed by atoms with Crippen molar-refractivity contribution in [3.8, 4) is 0 Å². The van der Waals surface area contributed by atoms with Gasteiger partial charge >= 0.3 is 0 Å². The van der Waals surface area contributed by atoms with E-state index in [1.165, 1.54) is 16.7 Å². The molecule has 6 heteroatoms. The molecule has 1 aliphatic rings. The van der Waals surface area contributed by atoms with Crippen LogP contribution in [0.25, 0.3) is 0 Å². The monoisotopic (exact) mass is 414 g/mol. The van der Waals surface area contributed by atoms with Crippen LogP contribution < -0.4 is 10.0 Å². The maximum absolute atomic E-state index is 12.4. The smallest absolute Gasteiger partial charge is 0.240 e. The largest absolute Gasteiger partial charge is 0.350 e. The average Bonchev–Trinajstić information content (AvgIpc) is 3.46. The second-order valence-corrected chi connectivity index (χ2v) is 9.84. The minimum Gasteiger partial charge on any atom is -0.350 e. The fourth-order valence-electron chi connectivity index (χ4n) is 3.42. The van der Waals surface area contributed by atoms with Gasteiger partial charge in [0.2, 0.25) is 15.9 Å². The molecular weight excluding hydrogens is 384 g/mol. The van der Waals surface area contributed by atoms with Crippen LogP contribution in [0.2, 0.25) is 0 Å². The van der Waals surface area contributed by atoms with Crippen molar-refractivity contribution in [2.24, 2.45) is 0 Å². The molecule has 0 spiro atoms. The van der Waals surface area contributed by atoms with Crippen LogP contribution >= 0.6 is 0 Å². The predicted octanol–water partition coefficient (Wildman–Crippen LogP) is 3.86. The van der Waals surface area contributed by atoms with Crippen molar-refractivity contribution in [3.63, 3.8) is 0 Å². The number of hydrogen-bond acceptors (Lipinski definition) is 3. The first-order valence-corrected chi connectivity index (χ1v) is 11.6. The summed E-state index contributed by atoms with van der Waals surface area (Å²) in [6.45, 7) is 8.24. The molecule has 29 heavy (non-hydrogen) atoms. The molecule has 1 fully saturated rings. The second kappa shape index (κ2) is 8.67. The van der Waals surface area contributed by atoms with Gasteiger partial charge in [-0.15, -0.1) is 0 Å². The van der Waals surface area contributed by atoms with Crippen molar-refractivity contribution in [1.29, 1.82) is 0 Å². The minimum absolute atomic E-state index is 0.0118. The Morgan fingerprint density at radius 3 is 2.28 bits per heavy atom. The fraction of sp³-hybridized carbons (Fsp3) is 0.435. The molecule has 2 aromatic carbocycles. The lowest BCUT2D eigenvalue weighted by Crippen LogP contribution is -2.27. The number of aryl methyl sites for hydroxylation is 4. The Kier molecular flexibility index (Phi) is 6.44. The molecule has 0 radical (unpaired) electrons. The standard InChI is InChI=1S/C23H30N2O3S/c1-15-13-17(3)22(14-16(15)2)18(4)24-23(26)12-7-19-5-10-21(11-6-19)29(27,28)25-20-8-9-20/h5-6,10-11,13-14,18,20,25H,7-9,12H2,1-4H3,(H,24,26)/t18-/m1/s1. The van der Waals surface area contributed by atoms with E-state index in [0.29, 0.717) is 12.8 Å². The van der Waals surface area contributed by atoms with E-state index in [2.05, 4.69) is 42.9 Å². The first-order chi connectivity index (χ1) is 13.7. The predicted molar refractivity (Wildman–Crippen MR) is 115 cm³/mol. The van der Waals surface area contributed by atoms with E-state index in [0.717, 1.165) is 24.0 Å². The zero-order valence-electron chi connectivity index (χ0n) is 17.6. The third-order valence-electron chi connectivity index (χ3n) is 5.50. The van der Waals surface area contributed by atoms with Crippen LogP contribution in [0, 0.1) is 20.8 Å². The molecule has 1 aliphatic carbocycles. The highest BCUT2D eigenvalue weighted by molar-refractivity contribution is 7.89. The quantitative estimate of drug-likeness (QED) is 0.689. The van der Waals surface area contributed by atoms with E-state index >= 15 is 0 Å². The fourth-order valence-corrected chi connectivity index (χ4v) is 4.73. The maximum Gasteiger partial charge on any atom is 0.240 e. The average molecular weight is 415 g/mol. The Labute approximate surface area is 174 Å². The Hall–Kier alpha value is -2.18. The maximum atomic E-state index is 12.4. The Balaban J connectivity index is 1.54. The van der Waals surface area contributed by atoms with Gasteiger partial charge in [0.1, 0.15) is 0 Å². The highest BCUT2D eigenvalue weighted by Crippen LogP contribution is 2.23. The van der Waals surface area contributed by atoms with Crippen molar-refractivity contribution >= 4 is 15.9 Å². The number of sulfonamides is 1. The van der Waals surface area contributed by atoms with Crippen molar-refractivity contribution in [2.75, 3.05) is 0 Å². The summed E-state index contributed by atoms with van der Waals surface area (Å²) < 4.78 is 27.1. The summed E-state index contributed by atoms with van der Waals surface area (Å²) in [5.74, 6) is -0.0118. The second-order valence-electron chi connectivity index (χ2n) is 8.12. The number of hydrogen-bond donors (Lipinski definition) is 2. The lowest BCUT2D eigenvalue weighted by Gasteiger charge is -2.18. The van der Waals surface area contributed by atoms with Gasteiger partial charge in [0.05, 0.1) is 10.9 Å². The van der Waals surface area contributed by atoms with E-state index in [-0.39, 0.29) is 22.9 Å². The first-order valence-electron chi connectivity index (χ1n) is 10.1. The van der Waals surface area contributed by atoms with Crippen molar-refractivity contribution in [1.82, 2.24) is 10.0 Å². The Bertz CT molecular complexity index is 994. The Morgan fingerprint density at radius 2 is 1.66 bits per heavy atom. The summed E-state index contributed by atoms with van der Waals surface area (Å²) in [5, 5.41) is 3.07. The van der Waals surface area contributed by atoms with Gasteiger partial charge in [-0.1, -0.05) is 24.3 Å². The molecule has 0 aromatic heterocycles. The molecule has 0 unspecified atom stereocenters. The van der Waals surface area contributed by atoms with E-state index in [4.69, 9.17) is 0 Å². The molecule has 2 N–H and O–H groups in total. The normalized spacial score (nSPS) is 15.2. The molecular formula is C23H30N2O3S. The highest BCUT2D eigenvalue weighted by Gasteiger charge is 2.27. The molecule has 156 valence electrons. The van der Waals surface area contributed by atoms with Gasteiger partial charge in [0, 0.05) is 12.5 Å². The zero-order valence-corrected chi connectivity index (χ0v) is 18.4. The van der Waals surface area contributed by atoms with Crippen molar-refractivity contribution < 1.29 is 13.2 Å². The van der Waals surface area contributed by atoms with Gasteiger partial charge in [-0.2, -0.15) is 0 Å². The lowest BCUT2D eigenvalue weighted by molar-refractivity contribution is -0.121. The van der Waals surface area contributed by atoms with Crippen LogP contribution in [0.4, 0.5) is 0 Å². The SMILES string of the molecule is Cc1cc(C)c([C@@H](C)NC(=O)CCc2ccc(S(=O)(=O)NC3CC3)cc2)cc1C. The Morgan fingerprint density at radius 1 is 1.03 bits per heavy atom. The molecule has 2 aromatic rings. The number of carbonyl (C=O) groups is 1. The number of rotatable bonds is 8. The molecule has 0 aliphatic heterocycles. The molecule has 1 saturated carbocycles. The van der Waals surface area contributed by atoms with E-state index in [1.54, 1.807) is 24.3 Å². The molecule has 1 amide bonds. The zero-order chi connectivity index (χ0) is 21.2. The van der Waals surface area contributed by atoms with Crippen molar-refractivity contribution in [3.05, 3.63) is 64.2 Å². The lowest BCUT2D eigenvalue weighted by atomic mass is 9.96. The van der Waals surface area contributed by atoms with Gasteiger partial charge < -0.3 is 5.32 Å². The highest BCUT2D eigenvalue weighted by atomic mass is 32.2. The van der Waals surface area contributed by atoms with Crippen LogP contribution in [-0.4, -0.2) is 20.4 Å². The van der Waals surface area contributed by atoms with Crippen LogP contribution in [0.5, 0.6) is 0 Å². The molecule has 3 rings (SSSR count). The van der Waals surface area contributed by atoms with E-state index < -0.39 is 10.0 Å². The summed E-state index contributed by atoms with van der Waals surface area (Å²) in [5.41, 5.74) is 5.73. The van der Waals surface area contributed by atoms with E-state index in [9.17, 15) is 13.2 Å². The van der Waals surface area contributed by atoms with Crippen LogP contribution in [0.15, 0.2) is 41.3 Å². The number of carbonyl (C=O) groups excluding carboxylic acids is 1. The van der Waals surface area contributed by atoms with Crippen LogP contribution in [-0.2, 0) is 21.2 Å². The van der Waals surface area contributed by atoms with Gasteiger partial charge in [-0.05, 0) is 86.9 Å². The van der Waals surface area contributed by atoms with Crippen LogP contribution in [0.3, 0.4) is 0 Å². The summed E-state index contributed by atoms with van der Waals surface area (Å²) >= 11 is 0. The minimum atomic E-state index is -3.43. The first kappa shape index (κ1) is 21.5. The van der Waals surface area contributed by atoms with Gasteiger partial charge in [0.15, 0.2) is 0 Å². The number of benzene rings is 2. The summed E-state index contributed by atoms with van der Waals surface area (Å²) in [6.07, 6.45) is 2.75. The summed E-state index contributed by atoms with van der Waals surface area (Å²) in [6, 6.07) is 11.1. The van der Waals surface area contributed by atoms with Gasteiger partial charge in [0.25, 0.3) is 0 Å². The summed E-state index contributed by atoms with van der Waals surface area (Å²) in [7, 11) is -3.43. The number of amides is 1. The third-order valence-corrected chi connectivity index (χ3v) is 7.04. The molecule has 5 nitrogen and oxygen atoms in total. The molecule has 1 atom stereocenters. The van der Waals surface area contributed by atoms with Crippen LogP contribution in [0.1, 0.15) is 60.0 Å². The van der Waals surface area contributed by atoms with Gasteiger partial charge in [-0.3, -0.25) is 4.79 Å². The number of nitrogens with one attached hydrogen (secondary N) is 2. The van der Waals surface area contributed by atoms with Gasteiger partial charge in [-0.25, -0.2) is 13.1 Å². The topological polar surface area (TPSA) is 75.3 Å². The molecule has 0 saturated heterocycles.